The van der Waals surface area contributed by atoms with Crippen molar-refractivity contribution in [2.75, 3.05) is 0 Å². The first-order chi connectivity index (χ1) is 8.83. The minimum Gasteiger partial charge on any atom is -0.103 e. The lowest BCUT2D eigenvalue weighted by molar-refractivity contribution is 0.611. The zero-order chi connectivity index (χ0) is 13.9. The van der Waals surface area contributed by atoms with Gasteiger partial charge in [0.1, 0.15) is 0 Å². The first-order valence-corrected chi connectivity index (χ1v) is 8.05. The molecule has 0 heterocycles. The Morgan fingerprint density at radius 1 is 0.556 bits per heavy atom. The molecule has 0 saturated heterocycles. The van der Waals surface area contributed by atoms with E-state index in [-0.39, 0.29) is 0 Å². The second-order valence-corrected chi connectivity index (χ2v) is 4.98. The summed E-state index contributed by atoms with van der Waals surface area (Å²) in [5.74, 6) is 0. The van der Waals surface area contributed by atoms with E-state index in [2.05, 4.69) is 27.0 Å². The molecule has 0 amide bonds. The zero-order valence-electron chi connectivity index (χ0n) is 13.1. The number of hydrogen-bond acceptors (Lipinski definition) is 0. The normalized spacial score (nSPS) is 9.44. The van der Waals surface area contributed by atoms with Crippen molar-refractivity contribution in [3.05, 3.63) is 25.3 Å². The van der Waals surface area contributed by atoms with E-state index in [1.807, 2.05) is 12.2 Å². The Balaban J connectivity index is 0. The Kier molecular flexibility index (Phi) is 23.9. The van der Waals surface area contributed by atoms with Gasteiger partial charge in [0.05, 0.1) is 0 Å². The van der Waals surface area contributed by atoms with Crippen molar-refractivity contribution in [1.82, 2.24) is 0 Å². The van der Waals surface area contributed by atoms with E-state index in [4.69, 9.17) is 0 Å². The summed E-state index contributed by atoms with van der Waals surface area (Å²) in [4.78, 5) is 0. The highest BCUT2D eigenvalue weighted by Gasteiger charge is 1.86. The van der Waals surface area contributed by atoms with Gasteiger partial charge >= 0.3 is 0 Å². The summed E-state index contributed by atoms with van der Waals surface area (Å²) in [7, 11) is 0. The second kappa shape index (κ2) is 21.7. The molecule has 0 aliphatic heterocycles. The largest absolute Gasteiger partial charge is 0.103 e. The molecule has 0 radical (unpaired) electrons. The first kappa shape index (κ1) is 19.8. The molecule has 0 nitrogen and oxygen atoms in total. The van der Waals surface area contributed by atoms with Gasteiger partial charge in [0, 0.05) is 0 Å². The molecule has 0 saturated carbocycles. The van der Waals surface area contributed by atoms with Crippen LogP contribution in [0.4, 0.5) is 0 Å². The highest BCUT2D eigenvalue weighted by atomic mass is 13.9. The van der Waals surface area contributed by atoms with Crippen molar-refractivity contribution in [2.24, 2.45) is 0 Å². The van der Waals surface area contributed by atoms with Gasteiger partial charge in [0.25, 0.3) is 0 Å². The van der Waals surface area contributed by atoms with Crippen molar-refractivity contribution in [3.8, 4) is 0 Å². The van der Waals surface area contributed by atoms with Crippen LogP contribution in [0.3, 0.4) is 0 Å². The van der Waals surface area contributed by atoms with Crippen LogP contribution in [0.2, 0.25) is 0 Å². The van der Waals surface area contributed by atoms with Crippen molar-refractivity contribution < 1.29 is 0 Å². The lowest BCUT2D eigenvalue weighted by Gasteiger charge is -1.96. The molecular formula is C18H36. The summed E-state index contributed by atoms with van der Waals surface area (Å²) in [6.07, 6.45) is 20.2. The van der Waals surface area contributed by atoms with Crippen LogP contribution in [0.1, 0.15) is 90.9 Å². The number of rotatable bonds is 12. The van der Waals surface area contributed by atoms with Gasteiger partial charge in [-0.25, -0.2) is 0 Å². The van der Waals surface area contributed by atoms with E-state index in [1.165, 1.54) is 77.0 Å². The van der Waals surface area contributed by atoms with Gasteiger partial charge in [-0.05, 0) is 25.7 Å². The number of hydrogen-bond donors (Lipinski definition) is 0. The maximum atomic E-state index is 3.69. The quantitative estimate of drug-likeness (QED) is 0.257. The monoisotopic (exact) mass is 252 g/mol. The van der Waals surface area contributed by atoms with Crippen molar-refractivity contribution in [1.29, 1.82) is 0 Å². The predicted octanol–water partition coefficient (Wildman–Crippen LogP) is 7.07. The summed E-state index contributed by atoms with van der Waals surface area (Å²) >= 11 is 0. The third kappa shape index (κ3) is 24.6. The second-order valence-electron chi connectivity index (χ2n) is 4.98. The fourth-order valence-corrected chi connectivity index (χ4v) is 1.78. The van der Waals surface area contributed by atoms with Crippen LogP contribution >= 0.6 is 0 Å². The molecule has 0 unspecified atom stereocenters. The summed E-state index contributed by atoms with van der Waals surface area (Å²) in [5.41, 5.74) is 0. The van der Waals surface area contributed by atoms with E-state index >= 15 is 0 Å². The fraction of sp³-hybridized carbons (Fsp3) is 0.778. The predicted molar refractivity (Wildman–Crippen MR) is 87.1 cm³/mol. The zero-order valence-corrected chi connectivity index (χ0v) is 13.1. The Bertz CT molecular complexity index is 146. The van der Waals surface area contributed by atoms with E-state index in [0.29, 0.717) is 0 Å². The molecule has 0 spiro atoms. The minimum atomic E-state index is 1.19. The molecule has 0 heteroatoms. The Labute approximate surface area is 117 Å². The van der Waals surface area contributed by atoms with Gasteiger partial charge < -0.3 is 0 Å². The molecule has 18 heavy (non-hydrogen) atoms. The molecule has 0 atom stereocenters. The summed E-state index contributed by atoms with van der Waals surface area (Å²) < 4.78 is 0. The standard InChI is InChI=1S/C10H20.C8H16/c1-3-5-7-9-10-8-6-4-2;1-3-5-7-8-6-4-2/h3H,1,4-10H2,2H3;3H,1,4-8H2,2H3. The summed E-state index contributed by atoms with van der Waals surface area (Å²) in [6.45, 7) is 11.8. The molecule has 0 bridgehead atoms. The SMILES string of the molecule is C=CCCCCCC.C=CCCCCCCCC. The van der Waals surface area contributed by atoms with Gasteiger partial charge in [0.2, 0.25) is 0 Å². The van der Waals surface area contributed by atoms with E-state index < -0.39 is 0 Å². The molecule has 0 aliphatic carbocycles. The minimum absolute atomic E-state index is 1.19. The van der Waals surface area contributed by atoms with E-state index in [9.17, 15) is 0 Å². The van der Waals surface area contributed by atoms with Gasteiger partial charge in [0.15, 0.2) is 0 Å². The Hall–Kier alpha value is -0.520. The molecule has 0 rings (SSSR count). The Morgan fingerprint density at radius 2 is 0.889 bits per heavy atom. The summed E-state index contributed by atoms with van der Waals surface area (Å²) in [6, 6.07) is 0. The fourth-order valence-electron chi connectivity index (χ4n) is 1.78. The van der Waals surface area contributed by atoms with Crippen LogP contribution in [0.5, 0.6) is 0 Å². The van der Waals surface area contributed by atoms with Crippen LogP contribution < -0.4 is 0 Å². The number of unbranched alkanes of at least 4 members (excludes halogenated alkanes) is 10. The van der Waals surface area contributed by atoms with Crippen LogP contribution in [-0.2, 0) is 0 Å². The van der Waals surface area contributed by atoms with Crippen molar-refractivity contribution in [3.63, 3.8) is 0 Å². The average molecular weight is 252 g/mol. The lowest BCUT2D eigenvalue weighted by atomic mass is 10.1. The molecule has 108 valence electrons. The van der Waals surface area contributed by atoms with Gasteiger partial charge in [-0.3, -0.25) is 0 Å². The van der Waals surface area contributed by atoms with Crippen LogP contribution in [0.25, 0.3) is 0 Å². The van der Waals surface area contributed by atoms with Crippen LogP contribution in [-0.4, -0.2) is 0 Å². The highest BCUT2D eigenvalue weighted by Crippen LogP contribution is 2.06. The third-order valence-electron chi connectivity index (χ3n) is 3.02. The smallest absolute Gasteiger partial charge is 0.0353 e. The molecular weight excluding hydrogens is 216 g/mol. The van der Waals surface area contributed by atoms with Gasteiger partial charge in [-0.2, -0.15) is 0 Å². The molecule has 0 aliphatic rings. The van der Waals surface area contributed by atoms with E-state index in [1.54, 1.807) is 0 Å². The average Bonchev–Trinajstić information content (AvgIpc) is 2.40. The number of allylic oxidation sites excluding steroid dienone is 2. The van der Waals surface area contributed by atoms with Crippen molar-refractivity contribution >= 4 is 0 Å². The van der Waals surface area contributed by atoms with Crippen LogP contribution in [0.15, 0.2) is 25.3 Å². The maximum absolute atomic E-state index is 3.69. The maximum Gasteiger partial charge on any atom is -0.0353 e. The molecule has 0 aromatic rings. The Morgan fingerprint density at radius 3 is 1.28 bits per heavy atom. The lowest BCUT2D eigenvalue weighted by Crippen LogP contribution is -1.76. The molecule has 0 fully saturated rings. The van der Waals surface area contributed by atoms with Crippen LogP contribution in [0, 0.1) is 0 Å². The topological polar surface area (TPSA) is 0 Å². The first-order valence-electron chi connectivity index (χ1n) is 8.05. The van der Waals surface area contributed by atoms with Crippen molar-refractivity contribution in [2.45, 2.75) is 90.9 Å². The third-order valence-corrected chi connectivity index (χ3v) is 3.02. The van der Waals surface area contributed by atoms with E-state index in [0.717, 1.165) is 0 Å². The van der Waals surface area contributed by atoms with Gasteiger partial charge in [-0.1, -0.05) is 77.4 Å². The molecule has 0 aromatic heterocycles. The summed E-state index contributed by atoms with van der Waals surface area (Å²) in [5, 5.41) is 0. The molecule has 0 N–H and O–H groups in total. The highest BCUT2D eigenvalue weighted by molar-refractivity contribution is 4.65. The van der Waals surface area contributed by atoms with Gasteiger partial charge in [-0.15, -0.1) is 13.2 Å². The molecule has 0 aromatic carbocycles.